The second-order valence-corrected chi connectivity index (χ2v) is 4.69. The molecule has 100 valence electrons. The van der Waals surface area contributed by atoms with Gasteiger partial charge < -0.3 is 0 Å². The summed E-state index contributed by atoms with van der Waals surface area (Å²) in [5.41, 5.74) is 0.971. The molecule has 5 heteroatoms. The minimum atomic E-state index is -0.988. The zero-order valence-electron chi connectivity index (χ0n) is 10.6. The van der Waals surface area contributed by atoms with Crippen molar-refractivity contribution in [2.24, 2.45) is 0 Å². The van der Waals surface area contributed by atoms with Gasteiger partial charge in [0.05, 0.1) is 0 Å². The van der Waals surface area contributed by atoms with E-state index in [0.29, 0.717) is 27.5 Å². The van der Waals surface area contributed by atoms with E-state index < -0.39 is 11.6 Å². The molecule has 0 spiro atoms. The zero-order chi connectivity index (χ0) is 15.1. The zero-order valence-corrected chi connectivity index (χ0v) is 10.6. The van der Waals surface area contributed by atoms with E-state index in [0.717, 1.165) is 12.1 Å². The van der Waals surface area contributed by atoms with E-state index in [9.17, 15) is 13.6 Å². The SMILES string of the molecule is N#CC(C#N)=C1CC(=O)c2cc3cc(F)c(F)cc3cc21. The highest BCUT2D eigenvalue weighted by Gasteiger charge is 2.27. The summed E-state index contributed by atoms with van der Waals surface area (Å²) in [6.07, 6.45) is -0.0485. The van der Waals surface area contributed by atoms with E-state index in [1.165, 1.54) is 12.1 Å². The first-order chi connectivity index (χ1) is 10.0. The molecule has 0 heterocycles. The van der Waals surface area contributed by atoms with Crippen molar-refractivity contribution in [3.05, 3.63) is 52.6 Å². The van der Waals surface area contributed by atoms with Crippen LogP contribution in [0.1, 0.15) is 22.3 Å². The van der Waals surface area contributed by atoms with Crippen LogP contribution in [0.4, 0.5) is 8.78 Å². The van der Waals surface area contributed by atoms with E-state index >= 15 is 0 Å². The van der Waals surface area contributed by atoms with Gasteiger partial charge in [0.2, 0.25) is 0 Å². The fourth-order valence-electron chi connectivity index (χ4n) is 2.51. The number of fused-ring (bicyclic) bond motifs is 2. The number of hydrogen-bond donors (Lipinski definition) is 0. The standard InChI is InChI=1S/C16H6F2N2O/c17-14-3-8-1-12-11(10(6-19)7-20)5-16(21)13(12)2-9(8)4-15(14)18/h1-4H,5H2. The highest BCUT2D eigenvalue weighted by atomic mass is 19.2. The second-order valence-electron chi connectivity index (χ2n) is 4.69. The molecule has 3 rings (SSSR count). The van der Waals surface area contributed by atoms with Crippen LogP contribution in [0.15, 0.2) is 29.8 Å². The number of carbonyl (C=O) groups is 1. The number of carbonyl (C=O) groups excluding carboxylic acids is 1. The van der Waals surface area contributed by atoms with E-state index in [-0.39, 0.29) is 17.8 Å². The molecular formula is C16H6F2N2O. The van der Waals surface area contributed by atoms with Gasteiger partial charge in [0.1, 0.15) is 17.7 Å². The number of nitriles is 2. The van der Waals surface area contributed by atoms with Gasteiger partial charge in [-0.2, -0.15) is 10.5 Å². The molecule has 0 amide bonds. The van der Waals surface area contributed by atoms with Gasteiger partial charge in [-0.05, 0) is 46.2 Å². The Balaban J connectivity index is 2.37. The summed E-state index contributed by atoms with van der Waals surface area (Å²) in [5.74, 6) is -2.22. The highest BCUT2D eigenvalue weighted by Crippen LogP contribution is 2.37. The molecule has 21 heavy (non-hydrogen) atoms. The quantitative estimate of drug-likeness (QED) is 0.694. The number of hydrogen-bond acceptors (Lipinski definition) is 3. The molecule has 1 aliphatic carbocycles. The first-order valence-corrected chi connectivity index (χ1v) is 6.05. The third-order valence-electron chi connectivity index (χ3n) is 3.50. The van der Waals surface area contributed by atoms with E-state index in [1.54, 1.807) is 12.1 Å². The fourth-order valence-corrected chi connectivity index (χ4v) is 2.51. The fraction of sp³-hybridized carbons (Fsp3) is 0.0625. The average Bonchev–Trinajstić information content (AvgIpc) is 2.77. The normalized spacial score (nSPS) is 13.0. The first kappa shape index (κ1) is 13.0. The third kappa shape index (κ3) is 1.87. The molecule has 0 saturated carbocycles. The van der Waals surface area contributed by atoms with Crippen LogP contribution in [0.25, 0.3) is 16.3 Å². The van der Waals surface area contributed by atoms with Crippen LogP contribution in [0.3, 0.4) is 0 Å². The van der Waals surface area contributed by atoms with E-state index in [1.807, 2.05) is 0 Å². The van der Waals surface area contributed by atoms with Crippen molar-refractivity contribution < 1.29 is 13.6 Å². The summed E-state index contributed by atoms with van der Waals surface area (Å²) in [6, 6.07) is 8.55. The number of nitrogens with zero attached hydrogens (tertiary/aromatic N) is 2. The van der Waals surface area contributed by atoms with Gasteiger partial charge in [0, 0.05) is 12.0 Å². The molecule has 0 saturated heterocycles. The number of Topliss-reactive ketones (excluding diaryl/α,β-unsaturated/α-hetero) is 1. The number of halogens is 2. The Morgan fingerprint density at radius 1 is 0.952 bits per heavy atom. The van der Waals surface area contributed by atoms with Gasteiger partial charge in [-0.15, -0.1) is 0 Å². The maximum absolute atomic E-state index is 13.3. The van der Waals surface area contributed by atoms with Crippen molar-refractivity contribution in [3.63, 3.8) is 0 Å². The molecule has 0 fully saturated rings. The molecule has 1 aliphatic rings. The van der Waals surface area contributed by atoms with E-state index in [2.05, 4.69) is 0 Å². The minimum Gasteiger partial charge on any atom is -0.294 e. The number of rotatable bonds is 0. The van der Waals surface area contributed by atoms with Crippen molar-refractivity contribution in [2.75, 3.05) is 0 Å². The Hall–Kier alpha value is -3.05. The van der Waals surface area contributed by atoms with Crippen LogP contribution in [-0.2, 0) is 0 Å². The van der Waals surface area contributed by atoms with Crippen LogP contribution < -0.4 is 0 Å². The van der Waals surface area contributed by atoms with Crippen LogP contribution in [0, 0.1) is 34.3 Å². The molecule has 2 aromatic rings. The van der Waals surface area contributed by atoms with Crippen molar-refractivity contribution in [1.82, 2.24) is 0 Å². The summed E-state index contributed by atoms with van der Waals surface area (Å²) >= 11 is 0. The van der Waals surface area contributed by atoms with Crippen LogP contribution in [0.2, 0.25) is 0 Å². The summed E-state index contributed by atoms with van der Waals surface area (Å²) in [5, 5.41) is 18.7. The van der Waals surface area contributed by atoms with Gasteiger partial charge in [0.25, 0.3) is 0 Å². The van der Waals surface area contributed by atoms with Gasteiger partial charge >= 0.3 is 0 Å². The molecule has 0 bridgehead atoms. The summed E-state index contributed by atoms with van der Waals surface area (Å²) in [4.78, 5) is 12.0. The number of allylic oxidation sites excluding steroid dienone is 2. The smallest absolute Gasteiger partial charge is 0.167 e. The Bertz CT molecular complexity index is 914. The van der Waals surface area contributed by atoms with Gasteiger partial charge in [-0.3, -0.25) is 4.79 Å². The Morgan fingerprint density at radius 2 is 1.48 bits per heavy atom. The summed E-state index contributed by atoms with van der Waals surface area (Å²) in [6.45, 7) is 0. The lowest BCUT2D eigenvalue weighted by molar-refractivity contribution is 0.100. The average molecular weight is 280 g/mol. The second kappa shape index (κ2) is 4.50. The molecule has 0 atom stereocenters. The monoisotopic (exact) mass is 280 g/mol. The van der Waals surface area contributed by atoms with Crippen molar-refractivity contribution >= 4 is 22.1 Å². The lowest BCUT2D eigenvalue weighted by Crippen LogP contribution is -1.92. The molecule has 0 aromatic heterocycles. The molecule has 3 nitrogen and oxygen atoms in total. The van der Waals surface area contributed by atoms with Crippen molar-refractivity contribution in [1.29, 1.82) is 10.5 Å². The highest BCUT2D eigenvalue weighted by molar-refractivity contribution is 6.15. The van der Waals surface area contributed by atoms with Gasteiger partial charge in [-0.1, -0.05) is 0 Å². The third-order valence-corrected chi connectivity index (χ3v) is 3.50. The molecule has 0 N–H and O–H groups in total. The summed E-state index contributed by atoms with van der Waals surface area (Å²) < 4.78 is 26.6. The van der Waals surface area contributed by atoms with Crippen LogP contribution >= 0.6 is 0 Å². The predicted octanol–water partition coefficient (Wildman–Crippen LogP) is 3.51. The lowest BCUT2D eigenvalue weighted by Gasteiger charge is -2.05. The van der Waals surface area contributed by atoms with Crippen LogP contribution in [-0.4, -0.2) is 5.78 Å². The lowest BCUT2D eigenvalue weighted by atomic mass is 9.98. The maximum Gasteiger partial charge on any atom is 0.167 e. The van der Waals surface area contributed by atoms with Crippen LogP contribution in [0.5, 0.6) is 0 Å². The molecule has 0 unspecified atom stereocenters. The molecule has 2 aromatic carbocycles. The molecule has 0 aliphatic heterocycles. The Kier molecular flexibility index (Phi) is 2.78. The number of ketones is 1. The first-order valence-electron chi connectivity index (χ1n) is 6.05. The van der Waals surface area contributed by atoms with Crippen molar-refractivity contribution in [2.45, 2.75) is 6.42 Å². The number of benzene rings is 2. The predicted molar refractivity (Wildman–Crippen MR) is 71.0 cm³/mol. The molecule has 0 radical (unpaired) electrons. The van der Waals surface area contributed by atoms with E-state index in [4.69, 9.17) is 10.5 Å². The topological polar surface area (TPSA) is 64.7 Å². The summed E-state index contributed by atoms with van der Waals surface area (Å²) in [7, 11) is 0. The Morgan fingerprint density at radius 3 is 2.00 bits per heavy atom. The largest absolute Gasteiger partial charge is 0.294 e. The van der Waals surface area contributed by atoms with Gasteiger partial charge in [0.15, 0.2) is 17.4 Å². The van der Waals surface area contributed by atoms with Crippen molar-refractivity contribution in [3.8, 4) is 12.1 Å². The molecular weight excluding hydrogens is 274 g/mol. The minimum absolute atomic E-state index is 0.0485. The maximum atomic E-state index is 13.3. The van der Waals surface area contributed by atoms with Gasteiger partial charge in [-0.25, -0.2) is 8.78 Å². The Labute approximate surface area is 118 Å².